The standard InChI is InChI=1S/C32H42N4O2S2/c1-31(2,3)23-10-12-27(39-16-14-33)25(19-23)35-29(37)21-8-7-9-22(18-21)30(38)36-26-20-24(32(4,5)6)11-13-28(26)40-17-15-34/h7-13,18-20H,14-17,33-34H2,1-6H3,(H,35,37)(H,36,38). The van der Waals surface area contributed by atoms with Gasteiger partial charge in [0.1, 0.15) is 0 Å². The van der Waals surface area contributed by atoms with Crippen LogP contribution in [0.4, 0.5) is 11.4 Å². The summed E-state index contributed by atoms with van der Waals surface area (Å²) in [6.45, 7) is 13.9. The molecule has 6 nitrogen and oxygen atoms in total. The smallest absolute Gasteiger partial charge is 0.255 e. The molecule has 0 atom stereocenters. The van der Waals surface area contributed by atoms with E-state index in [4.69, 9.17) is 11.5 Å². The van der Waals surface area contributed by atoms with Crippen LogP contribution in [-0.2, 0) is 10.8 Å². The van der Waals surface area contributed by atoms with Crippen molar-refractivity contribution in [3.8, 4) is 0 Å². The Balaban J connectivity index is 1.87. The fourth-order valence-corrected chi connectivity index (χ4v) is 5.50. The number of anilines is 2. The quantitative estimate of drug-likeness (QED) is 0.195. The highest BCUT2D eigenvalue weighted by molar-refractivity contribution is 7.99. The van der Waals surface area contributed by atoms with Crippen LogP contribution in [0.1, 0.15) is 73.4 Å². The summed E-state index contributed by atoms with van der Waals surface area (Å²) >= 11 is 3.22. The van der Waals surface area contributed by atoms with Crippen LogP contribution in [0.15, 0.2) is 70.5 Å². The molecule has 0 aliphatic heterocycles. The number of benzene rings is 3. The number of amides is 2. The molecule has 0 aromatic heterocycles. The highest BCUT2D eigenvalue weighted by Gasteiger charge is 2.20. The first kappa shape index (κ1) is 31.7. The van der Waals surface area contributed by atoms with Crippen LogP contribution in [0.5, 0.6) is 0 Å². The second kappa shape index (κ2) is 13.7. The SMILES string of the molecule is CC(C)(C)c1ccc(SCCN)c(NC(=O)c2cccc(C(=O)Nc3cc(C(C)(C)C)ccc3SCCN)c2)c1. The highest BCUT2D eigenvalue weighted by atomic mass is 32.2. The van der Waals surface area contributed by atoms with Crippen LogP contribution < -0.4 is 22.1 Å². The summed E-state index contributed by atoms with van der Waals surface area (Å²) in [7, 11) is 0. The Labute approximate surface area is 247 Å². The molecule has 0 heterocycles. The fraction of sp³-hybridized carbons (Fsp3) is 0.375. The lowest BCUT2D eigenvalue weighted by Gasteiger charge is -2.22. The summed E-state index contributed by atoms with van der Waals surface area (Å²) < 4.78 is 0. The average molecular weight is 579 g/mol. The van der Waals surface area contributed by atoms with Gasteiger partial charge in [-0.25, -0.2) is 0 Å². The van der Waals surface area contributed by atoms with E-state index < -0.39 is 0 Å². The summed E-state index contributed by atoms with van der Waals surface area (Å²) in [5, 5.41) is 6.15. The van der Waals surface area contributed by atoms with E-state index in [0.29, 0.717) is 24.2 Å². The molecule has 0 unspecified atom stereocenters. The maximum Gasteiger partial charge on any atom is 0.255 e. The minimum atomic E-state index is -0.274. The summed E-state index contributed by atoms with van der Waals surface area (Å²) in [4.78, 5) is 28.7. The van der Waals surface area contributed by atoms with Gasteiger partial charge in [0.05, 0.1) is 11.4 Å². The number of rotatable bonds is 10. The van der Waals surface area contributed by atoms with Crippen molar-refractivity contribution in [3.05, 3.63) is 82.9 Å². The van der Waals surface area contributed by atoms with Gasteiger partial charge in [0.25, 0.3) is 11.8 Å². The molecule has 0 radical (unpaired) electrons. The van der Waals surface area contributed by atoms with Gasteiger partial charge in [-0.05, 0) is 64.4 Å². The minimum absolute atomic E-state index is 0.0693. The van der Waals surface area contributed by atoms with Gasteiger partial charge >= 0.3 is 0 Å². The van der Waals surface area contributed by atoms with Gasteiger partial charge in [0.15, 0.2) is 0 Å². The molecule has 0 bridgehead atoms. The summed E-state index contributed by atoms with van der Waals surface area (Å²) in [5.41, 5.74) is 15.9. The van der Waals surface area contributed by atoms with Crippen molar-refractivity contribution >= 4 is 46.7 Å². The fourth-order valence-electron chi connectivity index (χ4n) is 3.97. The van der Waals surface area contributed by atoms with Crippen molar-refractivity contribution < 1.29 is 9.59 Å². The molecule has 0 saturated carbocycles. The maximum atomic E-state index is 13.4. The van der Waals surface area contributed by atoms with Crippen LogP contribution in [0, 0.1) is 0 Å². The molecule has 6 N–H and O–H groups in total. The Morgan fingerprint density at radius 3 is 1.40 bits per heavy atom. The van der Waals surface area contributed by atoms with E-state index in [1.54, 1.807) is 47.8 Å². The summed E-state index contributed by atoms with van der Waals surface area (Å²) in [6, 6.07) is 19.1. The highest BCUT2D eigenvalue weighted by Crippen LogP contribution is 2.34. The zero-order valence-corrected chi connectivity index (χ0v) is 26.0. The van der Waals surface area contributed by atoms with Gasteiger partial charge in [-0.1, -0.05) is 59.7 Å². The summed E-state index contributed by atoms with van der Waals surface area (Å²) in [6.07, 6.45) is 0. The molecule has 0 aliphatic carbocycles. The van der Waals surface area contributed by atoms with Crippen molar-refractivity contribution in [2.45, 2.75) is 62.2 Å². The van der Waals surface area contributed by atoms with Gasteiger partial charge < -0.3 is 22.1 Å². The van der Waals surface area contributed by atoms with Gasteiger partial charge in [-0.3, -0.25) is 9.59 Å². The molecule has 214 valence electrons. The molecule has 3 aromatic carbocycles. The topological polar surface area (TPSA) is 110 Å². The molecular formula is C32H42N4O2S2. The monoisotopic (exact) mass is 578 g/mol. The Morgan fingerprint density at radius 2 is 1.05 bits per heavy atom. The summed E-state index contributed by atoms with van der Waals surface area (Å²) in [5.74, 6) is 0.943. The Hall–Kier alpha value is -2.78. The van der Waals surface area contributed by atoms with E-state index in [-0.39, 0.29) is 22.6 Å². The van der Waals surface area contributed by atoms with Crippen LogP contribution in [0.2, 0.25) is 0 Å². The lowest BCUT2D eigenvalue weighted by Crippen LogP contribution is -2.18. The number of carbonyl (C=O) groups is 2. The molecule has 0 spiro atoms. The van der Waals surface area contributed by atoms with E-state index in [2.05, 4.69) is 64.3 Å². The second-order valence-corrected chi connectivity index (χ2v) is 14.0. The zero-order valence-electron chi connectivity index (χ0n) is 24.4. The van der Waals surface area contributed by atoms with E-state index in [0.717, 1.165) is 43.8 Å². The Kier molecular flexibility index (Phi) is 10.9. The normalized spacial score (nSPS) is 11.8. The van der Waals surface area contributed by atoms with Crippen molar-refractivity contribution in [1.82, 2.24) is 0 Å². The van der Waals surface area contributed by atoms with Crippen molar-refractivity contribution in [3.63, 3.8) is 0 Å². The number of hydrogen-bond donors (Lipinski definition) is 4. The van der Waals surface area contributed by atoms with E-state index >= 15 is 0 Å². The van der Waals surface area contributed by atoms with Crippen LogP contribution in [0.3, 0.4) is 0 Å². The molecule has 8 heteroatoms. The third-order valence-corrected chi connectivity index (χ3v) is 8.54. The lowest BCUT2D eigenvalue weighted by atomic mass is 9.87. The third-order valence-electron chi connectivity index (χ3n) is 6.33. The molecule has 40 heavy (non-hydrogen) atoms. The average Bonchev–Trinajstić information content (AvgIpc) is 2.90. The predicted octanol–water partition coefficient (Wildman–Crippen LogP) is 6.89. The van der Waals surface area contributed by atoms with Crippen molar-refractivity contribution in [1.29, 1.82) is 0 Å². The first-order valence-electron chi connectivity index (χ1n) is 13.5. The second-order valence-electron chi connectivity index (χ2n) is 11.7. The molecule has 0 aliphatic rings. The van der Waals surface area contributed by atoms with E-state index in [1.165, 1.54) is 0 Å². The van der Waals surface area contributed by atoms with Gasteiger partial charge in [-0.15, -0.1) is 23.5 Å². The van der Waals surface area contributed by atoms with Crippen molar-refractivity contribution in [2.24, 2.45) is 11.5 Å². The minimum Gasteiger partial charge on any atom is -0.330 e. The maximum absolute atomic E-state index is 13.4. The van der Waals surface area contributed by atoms with Crippen LogP contribution in [-0.4, -0.2) is 36.4 Å². The first-order chi connectivity index (χ1) is 18.8. The first-order valence-corrected chi connectivity index (χ1v) is 15.5. The van der Waals surface area contributed by atoms with E-state index in [1.807, 2.05) is 24.3 Å². The molecular weight excluding hydrogens is 537 g/mol. The number of hydrogen-bond acceptors (Lipinski definition) is 6. The largest absolute Gasteiger partial charge is 0.330 e. The molecule has 0 fully saturated rings. The van der Waals surface area contributed by atoms with Gasteiger partial charge in [0, 0.05) is 45.5 Å². The molecule has 3 rings (SSSR count). The third kappa shape index (κ3) is 8.61. The van der Waals surface area contributed by atoms with E-state index in [9.17, 15) is 9.59 Å². The van der Waals surface area contributed by atoms with Crippen LogP contribution in [0.25, 0.3) is 0 Å². The van der Waals surface area contributed by atoms with Gasteiger partial charge in [0.2, 0.25) is 0 Å². The number of nitrogens with one attached hydrogen (secondary N) is 2. The zero-order chi connectivity index (χ0) is 29.5. The Bertz CT molecular complexity index is 1240. The molecule has 3 aromatic rings. The van der Waals surface area contributed by atoms with Gasteiger partial charge in [-0.2, -0.15) is 0 Å². The van der Waals surface area contributed by atoms with Crippen LogP contribution >= 0.6 is 23.5 Å². The van der Waals surface area contributed by atoms with Crippen molar-refractivity contribution in [2.75, 3.05) is 35.2 Å². The predicted molar refractivity (Wildman–Crippen MR) is 172 cm³/mol. The number of carbonyl (C=O) groups excluding carboxylic acids is 2. The Morgan fingerprint density at radius 1 is 0.650 bits per heavy atom. The number of thioether (sulfide) groups is 2. The molecule has 0 saturated heterocycles. The lowest BCUT2D eigenvalue weighted by molar-refractivity contribution is 0.102. The number of nitrogens with two attached hydrogens (primary N) is 2. The molecule has 2 amide bonds.